The van der Waals surface area contributed by atoms with E-state index in [0.717, 1.165) is 42.0 Å². The zero-order valence-corrected chi connectivity index (χ0v) is 18.7. The standard InChI is InChI=1S/C26H27N3O2S/c30-25(20-7-2-1-3-8-20)29-23-10-4-9-21(16-23)26(31)28-22-11-13-24(14-12-22)32-18-19-6-5-15-27-17-19/h4-6,9-17,20H,1-3,7-8,18H2,(H,28,31)(H,29,30). The molecule has 5 nitrogen and oxygen atoms in total. The van der Waals surface area contributed by atoms with E-state index in [0.29, 0.717) is 11.3 Å². The van der Waals surface area contributed by atoms with Gasteiger partial charge < -0.3 is 10.6 Å². The summed E-state index contributed by atoms with van der Waals surface area (Å²) in [5.74, 6) is 0.783. The lowest BCUT2D eigenvalue weighted by atomic mass is 9.88. The summed E-state index contributed by atoms with van der Waals surface area (Å²) in [6, 6.07) is 18.9. The average molecular weight is 446 g/mol. The minimum Gasteiger partial charge on any atom is -0.326 e. The van der Waals surface area contributed by atoms with Gasteiger partial charge in [-0.1, -0.05) is 31.4 Å². The van der Waals surface area contributed by atoms with Crippen molar-refractivity contribution in [2.75, 3.05) is 10.6 Å². The van der Waals surface area contributed by atoms with Crippen LogP contribution in [0.2, 0.25) is 0 Å². The molecule has 4 rings (SSSR count). The van der Waals surface area contributed by atoms with Crippen LogP contribution < -0.4 is 10.6 Å². The van der Waals surface area contributed by atoms with Crippen LogP contribution in [0.5, 0.6) is 0 Å². The first kappa shape index (κ1) is 22.1. The molecule has 1 aliphatic rings. The van der Waals surface area contributed by atoms with Gasteiger partial charge in [0.25, 0.3) is 5.91 Å². The Morgan fingerprint density at radius 1 is 0.906 bits per heavy atom. The number of hydrogen-bond acceptors (Lipinski definition) is 4. The Balaban J connectivity index is 1.32. The zero-order valence-electron chi connectivity index (χ0n) is 17.9. The third-order valence-electron chi connectivity index (χ3n) is 5.61. The minimum absolute atomic E-state index is 0.0571. The summed E-state index contributed by atoms with van der Waals surface area (Å²) in [4.78, 5) is 30.5. The summed E-state index contributed by atoms with van der Waals surface area (Å²) in [5, 5.41) is 5.91. The molecule has 0 bridgehead atoms. The van der Waals surface area contributed by atoms with Gasteiger partial charge in [-0.2, -0.15) is 0 Å². The molecule has 2 N–H and O–H groups in total. The summed E-state index contributed by atoms with van der Waals surface area (Å²) < 4.78 is 0. The number of thioether (sulfide) groups is 1. The molecular formula is C26H27N3O2S. The number of amides is 2. The van der Waals surface area contributed by atoms with Gasteiger partial charge in [0, 0.05) is 45.9 Å². The first-order valence-corrected chi connectivity index (χ1v) is 12.0. The van der Waals surface area contributed by atoms with E-state index in [9.17, 15) is 9.59 Å². The normalized spacial score (nSPS) is 14.0. The van der Waals surface area contributed by atoms with E-state index < -0.39 is 0 Å². The van der Waals surface area contributed by atoms with Gasteiger partial charge in [0.1, 0.15) is 0 Å². The van der Waals surface area contributed by atoms with Crippen molar-refractivity contribution in [2.24, 2.45) is 5.92 Å². The molecular weight excluding hydrogens is 418 g/mol. The molecule has 1 aliphatic carbocycles. The minimum atomic E-state index is -0.200. The first-order chi connectivity index (χ1) is 15.7. The summed E-state index contributed by atoms with van der Waals surface area (Å²) in [6.07, 6.45) is 8.97. The van der Waals surface area contributed by atoms with E-state index >= 15 is 0 Å². The highest BCUT2D eigenvalue weighted by atomic mass is 32.2. The first-order valence-electron chi connectivity index (χ1n) is 11.0. The highest BCUT2D eigenvalue weighted by molar-refractivity contribution is 7.98. The fourth-order valence-electron chi connectivity index (χ4n) is 3.84. The van der Waals surface area contributed by atoms with E-state index in [1.807, 2.05) is 42.6 Å². The monoisotopic (exact) mass is 445 g/mol. The Morgan fingerprint density at radius 2 is 1.72 bits per heavy atom. The number of hydrogen-bond donors (Lipinski definition) is 2. The van der Waals surface area contributed by atoms with E-state index in [1.165, 1.54) is 12.0 Å². The highest BCUT2D eigenvalue weighted by Crippen LogP contribution is 2.26. The largest absolute Gasteiger partial charge is 0.326 e. The fourth-order valence-corrected chi connectivity index (χ4v) is 4.67. The van der Waals surface area contributed by atoms with Crippen LogP contribution in [0.4, 0.5) is 11.4 Å². The van der Waals surface area contributed by atoms with Gasteiger partial charge in [-0.3, -0.25) is 14.6 Å². The highest BCUT2D eigenvalue weighted by Gasteiger charge is 2.21. The molecule has 1 heterocycles. The Morgan fingerprint density at radius 3 is 2.47 bits per heavy atom. The maximum Gasteiger partial charge on any atom is 0.255 e. The van der Waals surface area contributed by atoms with Crippen LogP contribution in [0.1, 0.15) is 48.0 Å². The Bertz CT molecular complexity index is 1050. The third-order valence-corrected chi connectivity index (χ3v) is 6.69. The molecule has 0 aliphatic heterocycles. The summed E-state index contributed by atoms with van der Waals surface area (Å²) in [5.41, 5.74) is 3.08. The van der Waals surface area contributed by atoms with Crippen LogP contribution >= 0.6 is 11.8 Å². The molecule has 0 radical (unpaired) electrons. The van der Waals surface area contributed by atoms with Crippen molar-refractivity contribution in [3.63, 3.8) is 0 Å². The van der Waals surface area contributed by atoms with Crippen LogP contribution in [-0.2, 0) is 10.5 Å². The van der Waals surface area contributed by atoms with Crippen LogP contribution in [0.15, 0.2) is 78.0 Å². The number of pyridine rings is 1. The Hall–Kier alpha value is -3.12. The molecule has 2 aromatic carbocycles. The summed E-state index contributed by atoms with van der Waals surface area (Å²) >= 11 is 1.72. The molecule has 0 atom stereocenters. The van der Waals surface area contributed by atoms with E-state index in [1.54, 1.807) is 36.2 Å². The van der Waals surface area contributed by atoms with Gasteiger partial charge in [0.15, 0.2) is 0 Å². The van der Waals surface area contributed by atoms with Gasteiger partial charge >= 0.3 is 0 Å². The van der Waals surface area contributed by atoms with Crippen LogP contribution in [-0.4, -0.2) is 16.8 Å². The lowest BCUT2D eigenvalue weighted by Crippen LogP contribution is -2.24. The van der Waals surface area contributed by atoms with Crippen molar-refractivity contribution in [1.29, 1.82) is 0 Å². The van der Waals surface area contributed by atoms with Crippen molar-refractivity contribution < 1.29 is 9.59 Å². The molecule has 0 unspecified atom stereocenters. The number of benzene rings is 2. The molecule has 164 valence electrons. The predicted octanol–water partition coefficient (Wildman–Crippen LogP) is 6.15. The van der Waals surface area contributed by atoms with Gasteiger partial charge in [-0.15, -0.1) is 11.8 Å². The predicted molar refractivity (Wildman–Crippen MR) is 130 cm³/mol. The fraction of sp³-hybridized carbons (Fsp3) is 0.269. The molecule has 2 amide bonds. The van der Waals surface area contributed by atoms with Crippen LogP contribution in [0, 0.1) is 5.92 Å². The maximum atomic E-state index is 12.7. The quantitative estimate of drug-likeness (QED) is 0.428. The van der Waals surface area contributed by atoms with Crippen LogP contribution in [0.25, 0.3) is 0 Å². The second-order valence-electron chi connectivity index (χ2n) is 8.03. The van der Waals surface area contributed by atoms with Crippen molar-refractivity contribution in [2.45, 2.75) is 42.8 Å². The number of carbonyl (C=O) groups is 2. The topological polar surface area (TPSA) is 71.1 Å². The van der Waals surface area contributed by atoms with E-state index in [2.05, 4.69) is 21.7 Å². The number of aromatic nitrogens is 1. The second kappa shape index (κ2) is 11.0. The molecule has 32 heavy (non-hydrogen) atoms. The molecule has 3 aromatic rings. The number of anilines is 2. The third kappa shape index (κ3) is 6.20. The number of nitrogens with one attached hydrogen (secondary N) is 2. The SMILES string of the molecule is O=C(Nc1ccc(SCc2cccnc2)cc1)c1cccc(NC(=O)C2CCCCC2)c1. The molecule has 1 fully saturated rings. The van der Waals surface area contributed by atoms with Crippen molar-refractivity contribution >= 4 is 35.0 Å². The maximum absolute atomic E-state index is 12.7. The van der Waals surface area contributed by atoms with E-state index in [-0.39, 0.29) is 17.7 Å². The molecule has 0 spiro atoms. The molecule has 1 saturated carbocycles. The average Bonchev–Trinajstić information content (AvgIpc) is 2.85. The van der Waals surface area contributed by atoms with Crippen molar-refractivity contribution in [3.8, 4) is 0 Å². The zero-order chi connectivity index (χ0) is 22.2. The molecule has 0 saturated heterocycles. The van der Waals surface area contributed by atoms with Gasteiger partial charge in [-0.05, 0) is 66.9 Å². The Kier molecular flexibility index (Phi) is 7.56. The van der Waals surface area contributed by atoms with Gasteiger partial charge in [-0.25, -0.2) is 0 Å². The summed E-state index contributed by atoms with van der Waals surface area (Å²) in [6.45, 7) is 0. The lowest BCUT2D eigenvalue weighted by Gasteiger charge is -2.20. The van der Waals surface area contributed by atoms with Gasteiger partial charge in [0.2, 0.25) is 5.91 Å². The van der Waals surface area contributed by atoms with Crippen molar-refractivity contribution in [3.05, 3.63) is 84.2 Å². The summed E-state index contributed by atoms with van der Waals surface area (Å²) in [7, 11) is 0. The smallest absolute Gasteiger partial charge is 0.255 e. The number of nitrogens with zero attached hydrogens (tertiary/aromatic N) is 1. The van der Waals surface area contributed by atoms with Crippen molar-refractivity contribution in [1.82, 2.24) is 4.98 Å². The molecule has 6 heteroatoms. The number of rotatable bonds is 7. The lowest BCUT2D eigenvalue weighted by molar-refractivity contribution is -0.120. The Labute approximate surface area is 193 Å². The van der Waals surface area contributed by atoms with Crippen LogP contribution in [0.3, 0.4) is 0 Å². The second-order valence-corrected chi connectivity index (χ2v) is 9.08. The molecule has 1 aromatic heterocycles. The number of carbonyl (C=O) groups excluding carboxylic acids is 2. The van der Waals surface area contributed by atoms with E-state index in [4.69, 9.17) is 0 Å². The van der Waals surface area contributed by atoms with Gasteiger partial charge in [0.05, 0.1) is 0 Å².